The molecule has 0 bridgehead atoms. The quantitative estimate of drug-likeness (QED) is 0.221. The Morgan fingerprint density at radius 1 is 1.12 bits per heavy atom. The lowest BCUT2D eigenvalue weighted by molar-refractivity contribution is 0.0469. The zero-order valence-electron chi connectivity index (χ0n) is 23.1. The number of carbonyl (C=O) groups is 1. The number of aromatic nitrogens is 4. The topological polar surface area (TPSA) is 89.9 Å². The summed E-state index contributed by atoms with van der Waals surface area (Å²) in [6, 6.07) is 12.5. The number of pyridine rings is 1. The molecule has 2 N–H and O–H groups in total. The summed E-state index contributed by atoms with van der Waals surface area (Å²) in [6.45, 7) is 5.44. The van der Waals surface area contributed by atoms with Gasteiger partial charge in [-0.05, 0) is 59.9 Å². The average Bonchev–Trinajstić information content (AvgIpc) is 3.33. The van der Waals surface area contributed by atoms with Gasteiger partial charge in [0.2, 0.25) is 0 Å². The van der Waals surface area contributed by atoms with Crippen molar-refractivity contribution < 1.29 is 18.0 Å². The Kier molecular flexibility index (Phi) is 9.60. The molecule has 2 aromatic heterocycles. The highest BCUT2D eigenvalue weighted by Crippen LogP contribution is 2.39. The molecule has 7 nitrogen and oxygen atoms in total. The minimum absolute atomic E-state index is 0.0181. The van der Waals surface area contributed by atoms with Crippen molar-refractivity contribution in [1.82, 2.24) is 24.6 Å². The minimum Gasteiger partial charge on any atom is -0.328 e. The summed E-state index contributed by atoms with van der Waals surface area (Å²) in [6.07, 6.45) is 3.22. The molecule has 0 aliphatic carbocycles. The van der Waals surface area contributed by atoms with Crippen molar-refractivity contribution in [3.63, 3.8) is 0 Å². The van der Waals surface area contributed by atoms with Gasteiger partial charge in [-0.25, -0.2) is 22.8 Å². The molecule has 216 valence electrons. The predicted molar refractivity (Wildman–Crippen MR) is 155 cm³/mol. The SMILES string of the molecule is CC(C)(C)C(c1nc(-c2cc(F)ccc2F)nn1Cc1cccc(Br)c1)N(CC[C@H](N)CF)C(=O)c1cccnc1. The molecule has 0 aliphatic heterocycles. The van der Waals surface area contributed by atoms with E-state index in [2.05, 4.69) is 26.0 Å². The molecule has 2 aromatic carbocycles. The Morgan fingerprint density at radius 2 is 1.90 bits per heavy atom. The molecule has 0 saturated heterocycles. The number of hydrogen-bond acceptors (Lipinski definition) is 5. The lowest BCUT2D eigenvalue weighted by Crippen LogP contribution is -2.44. The second-order valence-corrected chi connectivity index (χ2v) is 11.8. The molecule has 2 atom stereocenters. The van der Waals surface area contributed by atoms with E-state index < -0.39 is 35.8 Å². The van der Waals surface area contributed by atoms with E-state index in [0.29, 0.717) is 11.4 Å². The average molecular weight is 630 g/mol. The molecule has 0 fully saturated rings. The fourth-order valence-corrected chi connectivity index (χ4v) is 5.09. The zero-order valence-corrected chi connectivity index (χ0v) is 24.7. The van der Waals surface area contributed by atoms with E-state index in [1.807, 2.05) is 45.0 Å². The highest BCUT2D eigenvalue weighted by atomic mass is 79.9. The van der Waals surface area contributed by atoms with Crippen molar-refractivity contribution in [1.29, 1.82) is 0 Å². The van der Waals surface area contributed by atoms with Gasteiger partial charge in [-0.3, -0.25) is 9.78 Å². The van der Waals surface area contributed by atoms with E-state index in [0.717, 1.165) is 28.2 Å². The van der Waals surface area contributed by atoms with Crippen LogP contribution in [0, 0.1) is 17.0 Å². The number of rotatable bonds is 10. The zero-order chi connectivity index (χ0) is 29.7. The number of alkyl halides is 1. The monoisotopic (exact) mass is 628 g/mol. The summed E-state index contributed by atoms with van der Waals surface area (Å²) in [4.78, 5) is 24.4. The van der Waals surface area contributed by atoms with Gasteiger partial charge >= 0.3 is 0 Å². The first-order valence-electron chi connectivity index (χ1n) is 13.1. The lowest BCUT2D eigenvalue weighted by atomic mass is 9.84. The van der Waals surface area contributed by atoms with E-state index in [1.165, 1.54) is 6.20 Å². The second kappa shape index (κ2) is 12.9. The Balaban J connectivity index is 1.91. The number of hydrogen-bond donors (Lipinski definition) is 1. The van der Waals surface area contributed by atoms with Crippen LogP contribution in [0.15, 0.2) is 71.5 Å². The Hall–Kier alpha value is -3.57. The van der Waals surface area contributed by atoms with E-state index in [9.17, 15) is 18.0 Å². The summed E-state index contributed by atoms with van der Waals surface area (Å²) in [5.41, 5.74) is 6.40. The van der Waals surface area contributed by atoms with Crippen LogP contribution in [0.5, 0.6) is 0 Å². The van der Waals surface area contributed by atoms with Crippen molar-refractivity contribution in [3.05, 3.63) is 100 Å². The molecular weight excluding hydrogens is 597 g/mol. The maximum absolute atomic E-state index is 14.9. The number of carbonyl (C=O) groups excluding carboxylic acids is 1. The Morgan fingerprint density at radius 3 is 2.56 bits per heavy atom. The molecule has 0 spiro atoms. The van der Waals surface area contributed by atoms with Crippen LogP contribution in [0.4, 0.5) is 13.2 Å². The first-order chi connectivity index (χ1) is 19.5. The molecule has 0 aliphatic rings. The van der Waals surface area contributed by atoms with Crippen LogP contribution < -0.4 is 5.73 Å². The van der Waals surface area contributed by atoms with Crippen molar-refractivity contribution in [2.45, 2.75) is 45.8 Å². The molecule has 1 amide bonds. The van der Waals surface area contributed by atoms with Crippen LogP contribution >= 0.6 is 15.9 Å². The van der Waals surface area contributed by atoms with Gasteiger partial charge in [0, 0.05) is 29.5 Å². The van der Waals surface area contributed by atoms with Gasteiger partial charge in [-0.15, -0.1) is 0 Å². The Labute approximate surface area is 245 Å². The predicted octanol–water partition coefficient (Wildman–Crippen LogP) is 6.35. The summed E-state index contributed by atoms with van der Waals surface area (Å²) < 4.78 is 44.9. The number of nitrogens with zero attached hydrogens (tertiary/aromatic N) is 5. The van der Waals surface area contributed by atoms with Gasteiger partial charge in [-0.1, -0.05) is 48.8 Å². The van der Waals surface area contributed by atoms with Crippen LogP contribution in [0.25, 0.3) is 11.4 Å². The summed E-state index contributed by atoms with van der Waals surface area (Å²) in [7, 11) is 0. The van der Waals surface area contributed by atoms with Crippen LogP contribution in [0.2, 0.25) is 0 Å². The van der Waals surface area contributed by atoms with Gasteiger partial charge in [0.1, 0.15) is 18.3 Å². The van der Waals surface area contributed by atoms with Crippen LogP contribution in [-0.2, 0) is 6.54 Å². The smallest absolute Gasteiger partial charge is 0.256 e. The largest absolute Gasteiger partial charge is 0.328 e. The summed E-state index contributed by atoms with van der Waals surface area (Å²) >= 11 is 3.49. The number of nitrogens with two attached hydrogens (primary N) is 1. The fourth-order valence-electron chi connectivity index (χ4n) is 4.64. The van der Waals surface area contributed by atoms with Gasteiger partial charge in [0.15, 0.2) is 11.6 Å². The van der Waals surface area contributed by atoms with E-state index in [4.69, 9.17) is 10.7 Å². The van der Waals surface area contributed by atoms with Gasteiger partial charge in [-0.2, -0.15) is 5.10 Å². The third-order valence-electron chi connectivity index (χ3n) is 6.58. The van der Waals surface area contributed by atoms with Gasteiger partial charge in [0.05, 0.1) is 23.7 Å². The molecule has 0 radical (unpaired) electrons. The minimum atomic E-state index is -0.767. The van der Waals surface area contributed by atoms with Crippen molar-refractivity contribution in [2.75, 3.05) is 13.2 Å². The molecule has 4 rings (SSSR count). The second-order valence-electron chi connectivity index (χ2n) is 10.9. The molecule has 41 heavy (non-hydrogen) atoms. The molecule has 1 unspecified atom stereocenters. The Bertz CT molecular complexity index is 1490. The number of benzene rings is 2. The third-order valence-corrected chi connectivity index (χ3v) is 7.07. The fraction of sp³-hybridized carbons (Fsp3) is 0.333. The van der Waals surface area contributed by atoms with Crippen LogP contribution in [-0.4, -0.2) is 49.8 Å². The highest BCUT2D eigenvalue weighted by molar-refractivity contribution is 9.10. The lowest BCUT2D eigenvalue weighted by Gasteiger charge is -2.40. The molecule has 2 heterocycles. The van der Waals surface area contributed by atoms with E-state index in [-0.39, 0.29) is 36.8 Å². The first-order valence-corrected chi connectivity index (χ1v) is 13.9. The van der Waals surface area contributed by atoms with Crippen LogP contribution in [0.3, 0.4) is 0 Å². The van der Waals surface area contributed by atoms with Crippen molar-refractivity contribution in [3.8, 4) is 11.4 Å². The standard InChI is InChI=1S/C30H32BrF3N6O/c1-30(2,3)26(39(13-11-23(35)16-32)29(41)20-7-5-12-36-17-20)28-37-27(24-15-22(33)9-10-25(24)34)38-40(28)18-19-6-4-8-21(31)14-19/h4-10,12,14-15,17,23,26H,11,13,16,18,35H2,1-3H3/t23-,26?/m0/s1. The highest BCUT2D eigenvalue weighted by Gasteiger charge is 2.39. The summed E-state index contributed by atoms with van der Waals surface area (Å²) in [5.74, 6) is -1.31. The maximum atomic E-state index is 14.9. The van der Waals surface area contributed by atoms with Crippen LogP contribution in [0.1, 0.15) is 55.0 Å². The normalized spacial score (nSPS) is 13.2. The van der Waals surface area contributed by atoms with Crippen molar-refractivity contribution in [2.24, 2.45) is 11.1 Å². The molecule has 0 saturated carbocycles. The molecule has 11 heteroatoms. The molecular formula is C30H32BrF3N6O. The maximum Gasteiger partial charge on any atom is 0.256 e. The third kappa shape index (κ3) is 7.39. The summed E-state index contributed by atoms with van der Waals surface area (Å²) in [5, 5.41) is 4.62. The first kappa shape index (κ1) is 30.4. The van der Waals surface area contributed by atoms with Crippen molar-refractivity contribution >= 4 is 21.8 Å². The van der Waals surface area contributed by atoms with Gasteiger partial charge < -0.3 is 10.6 Å². The van der Waals surface area contributed by atoms with E-state index in [1.54, 1.807) is 27.9 Å². The van der Waals surface area contributed by atoms with E-state index >= 15 is 0 Å². The van der Waals surface area contributed by atoms with Gasteiger partial charge in [0.25, 0.3) is 5.91 Å². The number of halogens is 4. The molecule has 4 aromatic rings. The number of amides is 1.